The van der Waals surface area contributed by atoms with E-state index < -0.39 is 10.0 Å². The van der Waals surface area contributed by atoms with Crippen LogP contribution in [0.3, 0.4) is 0 Å². The number of sulfonamides is 1. The third kappa shape index (κ3) is 4.92. The second-order valence-electron chi connectivity index (χ2n) is 5.76. The molecule has 0 radical (unpaired) electrons. The average molecular weight is 380 g/mol. The van der Waals surface area contributed by atoms with Gasteiger partial charge in [0.15, 0.2) is 0 Å². The minimum Gasteiger partial charge on any atom is -0.472 e. The standard InChI is InChI=1S/C17H20N2O6S/c20-17(18-10-15-12-24-6-7-25-15)14-2-1-3-16(8-14)26(21,22)19-9-13-4-5-23-11-13/h1-5,8,11,15,19H,6-7,9-10,12H2,(H,18,20). The van der Waals surface area contributed by atoms with Crippen LogP contribution in [0.15, 0.2) is 52.2 Å². The molecule has 1 aromatic carbocycles. The van der Waals surface area contributed by atoms with Crippen molar-refractivity contribution >= 4 is 15.9 Å². The molecule has 8 nitrogen and oxygen atoms in total. The Kier molecular flexibility index (Phi) is 6.04. The van der Waals surface area contributed by atoms with Gasteiger partial charge >= 0.3 is 0 Å². The molecule has 1 fully saturated rings. The van der Waals surface area contributed by atoms with Crippen molar-refractivity contribution in [3.05, 3.63) is 54.0 Å². The Morgan fingerprint density at radius 1 is 1.23 bits per heavy atom. The van der Waals surface area contributed by atoms with Crippen LogP contribution in [0.1, 0.15) is 15.9 Å². The molecule has 1 aromatic heterocycles. The molecule has 2 heterocycles. The molecule has 1 saturated heterocycles. The molecule has 1 atom stereocenters. The summed E-state index contributed by atoms with van der Waals surface area (Å²) >= 11 is 0. The summed E-state index contributed by atoms with van der Waals surface area (Å²) in [5.74, 6) is -0.369. The van der Waals surface area contributed by atoms with Crippen molar-refractivity contribution in [2.24, 2.45) is 0 Å². The summed E-state index contributed by atoms with van der Waals surface area (Å²) in [5.41, 5.74) is 0.963. The van der Waals surface area contributed by atoms with Gasteiger partial charge in [-0.05, 0) is 24.3 Å². The number of nitrogens with one attached hydrogen (secondary N) is 2. The van der Waals surface area contributed by atoms with Crippen molar-refractivity contribution in [2.45, 2.75) is 17.5 Å². The molecule has 3 rings (SSSR count). The monoisotopic (exact) mass is 380 g/mol. The van der Waals surface area contributed by atoms with Crippen LogP contribution in [0.25, 0.3) is 0 Å². The summed E-state index contributed by atoms with van der Waals surface area (Å²) < 4.78 is 42.9. The van der Waals surface area contributed by atoms with E-state index in [9.17, 15) is 13.2 Å². The molecular weight excluding hydrogens is 360 g/mol. The quantitative estimate of drug-likeness (QED) is 0.739. The Morgan fingerprint density at radius 3 is 2.85 bits per heavy atom. The Labute approximate surface area is 151 Å². The van der Waals surface area contributed by atoms with Crippen molar-refractivity contribution in [3.8, 4) is 0 Å². The van der Waals surface area contributed by atoms with E-state index in [2.05, 4.69) is 10.0 Å². The highest BCUT2D eigenvalue weighted by Gasteiger charge is 2.18. The predicted molar refractivity (Wildman–Crippen MR) is 92.1 cm³/mol. The minimum atomic E-state index is -3.74. The number of ether oxygens (including phenoxy) is 2. The molecule has 2 N–H and O–H groups in total. The number of rotatable bonds is 7. The second-order valence-corrected chi connectivity index (χ2v) is 7.53. The van der Waals surface area contributed by atoms with Crippen molar-refractivity contribution in [1.82, 2.24) is 10.0 Å². The highest BCUT2D eigenvalue weighted by atomic mass is 32.2. The number of benzene rings is 1. The molecule has 9 heteroatoms. The molecule has 1 amide bonds. The van der Waals surface area contributed by atoms with Gasteiger partial charge < -0.3 is 19.2 Å². The summed E-state index contributed by atoms with van der Waals surface area (Å²) in [7, 11) is -3.74. The van der Waals surface area contributed by atoms with Crippen LogP contribution < -0.4 is 10.0 Å². The Hall–Kier alpha value is -2.20. The van der Waals surface area contributed by atoms with E-state index >= 15 is 0 Å². The first-order chi connectivity index (χ1) is 12.5. The Balaban J connectivity index is 1.61. The molecule has 0 saturated carbocycles. The number of carbonyl (C=O) groups excluding carboxylic acids is 1. The molecule has 0 aliphatic carbocycles. The van der Waals surface area contributed by atoms with Gasteiger partial charge in [-0.2, -0.15) is 0 Å². The van der Waals surface area contributed by atoms with Crippen LogP contribution in [0.5, 0.6) is 0 Å². The van der Waals surface area contributed by atoms with E-state index in [1.54, 1.807) is 12.1 Å². The van der Waals surface area contributed by atoms with E-state index in [-0.39, 0.29) is 29.0 Å². The molecule has 1 unspecified atom stereocenters. The average Bonchev–Trinajstić information content (AvgIpc) is 3.19. The zero-order valence-corrected chi connectivity index (χ0v) is 14.8. The first-order valence-corrected chi connectivity index (χ1v) is 9.61. The molecule has 140 valence electrons. The number of carbonyl (C=O) groups is 1. The summed E-state index contributed by atoms with van der Waals surface area (Å²) in [6, 6.07) is 7.53. The van der Waals surface area contributed by atoms with Gasteiger partial charge in [0.05, 0.1) is 43.3 Å². The Morgan fingerprint density at radius 2 is 2.12 bits per heavy atom. The van der Waals surface area contributed by atoms with E-state index in [1.165, 1.54) is 30.7 Å². The van der Waals surface area contributed by atoms with E-state index in [1.807, 2.05) is 0 Å². The molecule has 2 aromatic rings. The van der Waals surface area contributed by atoms with Crippen molar-refractivity contribution in [2.75, 3.05) is 26.4 Å². The molecule has 0 spiro atoms. The van der Waals surface area contributed by atoms with Gasteiger partial charge in [-0.25, -0.2) is 13.1 Å². The van der Waals surface area contributed by atoms with Crippen LogP contribution in [0.4, 0.5) is 0 Å². The highest BCUT2D eigenvalue weighted by Crippen LogP contribution is 2.13. The van der Waals surface area contributed by atoms with Crippen LogP contribution in [-0.2, 0) is 26.0 Å². The summed E-state index contributed by atoms with van der Waals surface area (Å²) in [4.78, 5) is 12.3. The lowest BCUT2D eigenvalue weighted by molar-refractivity contribution is -0.0855. The lowest BCUT2D eigenvalue weighted by atomic mass is 10.2. The molecule has 1 aliphatic rings. The fourth-order valence-corrected chi connectivity index (χ4v) is 3.49. The number of hydrogen-bond donors (Lipinski definition) is 2. The fourth-order valence-electron chi connectivity index (χ4n) is 2.42. The topological polar surface area (TPSA) is 107 Å². The van der Waals surface area contributed by atoms with Crippen molar-refractivity contribution < 1.29 is 27.1 Å². The van der Waals surface area contributed by atoms with Gasteiger partial charge in [0.1, 0.15) is 0 Å². The molecular formula is C17H20N2O6S. The number of furan rings is 1. The van der Waals surface area contributed by atoms with Gasteiger partial charge in [0, 0.05) is 24.2 Å². The Bertz CT molecular complexity index is 829. The summed E-state index contributed by atoms with van der Waals surface area (Å²) in [5, 5.41) is 2.73. The predicted octanol–water partition coefficient (Wildman–Crippen LogP) is 0.903. The van der Waals surface area contributed by atoms with E-state index in [0.29, 0.717) is 31.9 Å². The third-order valence-corrected chi connectivity index (χ3v) is 5.23. The van der Waals surface area contributed by atoms with Gasteiger partial charge in [-0.15, -0.1) is 0 Å². The summed E-state index contributed by atoms with van der Waals surface area (Å²) in [6.07, 6.45) is 2.73. The maximum absolute atomic E-state index is 12.4. The normalized spacial score (nSPS) is 17.8. The lowest BCUT2D eigenvalue weighted by Gasteiger charge is -2.23. The zero-order valence-electron chi connectivity index (χ0n) is 14.0. The SMILES string of the molecule is O=C(NCC1COCCO1)c1cccc(S(=O)(=O)NCc2ccoc2)c1. The third-order valence-electron chi connectivity index (χ3n) is 3.83. The number of amides is 1. The molecule has 26 heavy (non-hydrogen) atoms. The first kappa shape index (κ1) is 18.6. The lowest BCUT2D eigenvalue weighted by Crippen LogP contribution is -2.39. The van der Waals surface area contributed by atoms with Crippen molar-refractivity contribution in [3.63, 3.8) is 0 Å². The van der Waals surface area contributed by atoms with E-state index in [0.717, 1.165) is 0 Å². The molecule has 0 bridgehead atoms. The summed E-state index contributed by atoms with van der Waals surface area (Å²) in [6.45, 7) is 1.88. The smallest absolute Gasteiger partial charge is 0.251 e. The van der Waals surface area contributed by atoms with Crippen molar-refractivity contribution in [1.29, 1.82) is 0 Å². The highest BCUT2D eigenvalue weighted by molar-refractivity contribution is 7.89. The minimum absolute atomic E-state index is 0.0193. The van der Waals surface area contributed by atoms with Crippen LogP contribution in [0, 0.1) is 0 Å². The second kappa shape index (κ2) is 8.45. The van der Waals surface area contributed by atoms with Gasteiger partial charge in [-0.1, -0.05) is 6.07 Å². The maximum atomic E-state index is 12.4. The van der Waals surface area contributed by atoms with Crippen LogP contribution in [-0.4, -0.2) is 46.8 Å². The van der Waals surface area contributed by atoms with Gasteiger partial charge in [-0.3, -0.25) is 4.79 Å². The van der Waals surface area contributed by atoms with Crippen LogP contribution in [0.2, 0.25) is 0 Å². The fraction of sp³-hybridized carbons (Fsp3) is 0.353. The van der Waals surface area contributed by atoms with Gasteiger partial charge in [0.2, 0.25) is 10.0 Å². The first-order valence-electron chi connectivity index (χ1n) is 8.13. The zero-order chi connectivity index (χ0) is 18.4. The van der Waals surface area contributed by atoms with Gasteiger partial charge in [0.25, 0.3) is 5.91 Å². The maximum Gasteiger partial charge on any atom is 0.251 e. The molecule has 1 aliphatic heterocycles. The van der Waals surface area contributed by atoms with Crippen LogP contribution >= 0.6 is 0 Å². The van der Waals surface area contributed by atoms with E-state index in [4.69, 9.17) is 13.9 Å². The largest absolute Gasteiger partial charge is 0.472 e. The number of hydrogen-bond acceptors (Lipinski definition) is 6.